The van der Waals surface area contributed by atoms with Crippen LogP contribution in [0.2, 0.25) is 0 Å². The Morgan fingerprint density at radius 3 is 2.37 bits per heavy atom. The van der Waals surface area contributed by atoms with Crippen molar-refractivity contribution in [1.82, 2.24) is 9.78 Å². The average Bonchev–Trinajstić information content (AvgIpc) is 2.59. The van der Waals surface area contributed by atoms with Gasteiger partial charge in [-0.1, -0.05) is 0 Å². The van der Waals surface area contributed by atoms with Gasteiger partial charge in [0, 0.05) is 19.2 Å². The van der Waals surface area contributed by atoms with Crippen LogP contribution in [0.15, 0.2) is 18.3 Å². The topological polar surface area (TPSA) is 72.9 Å². The largest absolute Gasteiger partial charge is 0.394 e. The van der Waals surface area contributed by atoms with Crippen LogP contribution in [0.3, 0.4) is 0 Å². The molecule has 19 heavy (non-hydrogen) atoms. The van der Waals surface area contributed by atoms with Crippen LogP contribution in [0, 0.1) is 17.5 Å². The van der Waals surface area contributed by atoms with Crippen molar-refractivity contribution >= 4 is 17.4 Å². The Hall–Kier alpha value is -2.51. The highest BCUT2D eigenvalue weighted by atomic mass is 19.1. The molecule has 1 aromatic heterocycles. The molecule has 0 radical (unpaired) electrons. The fraction of sp³-hybridized carbons (Fsp3) is 0.0909. The van der Waals surface area contributed by atoms with Gasteiger partial charge < -0.3 is 11.1 Å². The quantitative estimate of drug-likeness (QED) is 0.871. The summed E-state index contributed by atoms with van der Waals surface area (Å²) < 4.78 is 40.8. The number of hydrogen-bond acceptors (Lipinski definition) is 3. The Kier molecular flexibility index (Phi) is 3.16. The fourth-order valence-corrected chi connectivity index (χ4v) is 1.54. The molecule has 1 amide bonds. The SMILES string of the molecule is Cn1ncc(N)c1NC(=O)c1c(F)cc(F)cc1F. The van der Waals surface area contributed by atoms with E-state index in [4.69, 9.17) is 5.73 Å². The zero-order chi connectivity index (χ0) is 14.2. The summed E-state index contributed by atoms with van der Waals surface area (Å²) in [6, 6.07) is 0.842. The van der Waals surface area contributed by atoms with E-state index in [0.29, 0.717) is 12.1 Å². The van der Waals surface area contributed by atoms with Crippen LogP contribution in [0.5, 0.6) is 0 Å². The van der Waals surface area contributed by atoms with E-state index in [2.05, 4.69) is 10.4 Å². The molecule has 0 aliphatic heterocycles. The van der Waals surface area contributed by atoms with E-state index in [1.54, 1.807) is 0 Å². The predicted molar refractivity (Wildman–Crippen MR) is 61.9 cm³/mol. The Morgan fingerprint density at radius 2 is 1.89 bits per heavy atom. The summed E-state index contributed by atoms with van der Waals surface area (Å²) in [6.07, 6.45) is 1.27. The van der Waals surface area contributed by atoms with Crippen LogP contribution in [-0.2, 0) is 7.05 Å². The summed E-state index contributed by atoms with van der Waals surface area (Å²) in [5.41, 5.74) is 4.77. The number of aromatic nitrogens is 2. The third-order valence-corrected chi connectivity index (χ3v) is 2.43. The van der Waals surface area contributed by atoms with Crippen molar-refractivity contribution in [3.8, 4) is 0 Å². The second-order valence-electron chi connectivity index (χ2n) is 3.77. The molecular formula is C11H9F3N4O. The molecule has 5 nitrogen and oxygen atoms in total. The fourth-order valence-electron chi connectivity index (χ4n) is 1.54. The van der Waals surface area contributed by atoms with E-state index in [9.17, 15) is 18.0 Å². The van der Waals surface area contributed by atoms with Gasteiger partial charge in [-0.15, -0.1) is 0 Å². The molecule has 0 atom stereocenters. The molecule has 0 fully saturated rings. The number of hydrogen-bond donors (Lipinski definition) is 2. The number of aryl methyl sites for hydroxylation is 1. The zero-order valence-corrected chi connectivity index (χ0v) is 9.75. The van der Waals surface area contributed by atoms with Gasteiger partial charge >= 0.3 is 0 Å². The number of nitrogens with one attached hydrogen (secondary N) is 1. The lowest BCUT2D eigenvalue weighted by atomic mass is 10.2. The number of amides is 1. The molecule has 8 heteroatoms. The summed E-state index contributed by atoms with van der Waals surface area (Å²) in [5.74, 6) is -4.68. The lowest BCUT2D eigenvalue weighted by Gasteiger charge is -2.08. The van der Waals surface area contributed by atoms with Crippen molar-refractivity contribution in [2.45, 2.75) is 0 Å². The number of rotatable bonds is 2. The van der Waals surface area contributed by atoms with Gasteiger partial charge in [0.2, 0.25) is 0 Å². The van der Waals surface area contributed by atoms with Crippen LogP contribution in [0.25, 0.3) is 0 Å². The first-order valence-corrected chi connectivity index (χ1v) is 5.13. The maximum Gasteiger partial charge on any atom is 0.262 e. The van der Waals surface area contributed by atoms with Gasteiger partial charge in [-0.05, 0) is 0 Å². The number of halogens is 3. The second-order valence-corrected chi connectivity index (χ2v) is 3.77. The van der Waals surface area contributed by atoms with Crippen molar-refractivity contribution < 1.29 is 18.0 Å². The monoisotopic (exact) mass is 270 g/mol. The molecule has 0 saturated heterocycles. The van der Waals surface area contributed by atoms with Crippen molar-refractivity contribution in [2.75, 3.05) is 11.1 Å². The van der Waals surface area contributed by atoms with Gasteiger partial charge in [-0.25, -0.2) is 13.2 Å². The highest BCUT2D eigenvalue weighted by Crippen LogP contribution is 2.20. The van der Waals surface area contributed by atoms with E-state index in [0.717, 1.165) is 0 Å². The normalized spacial score (nSPS) is 10.5. The first-order chi connectivity index (χ1) is 8.90. The van der Waals surface area contributed by atoms with Gasteiger partial charge in [0.25, 0.3) is 5.91 Å². The number of benzene rings is 1. The van der Waals surface area contributed by atoms with E-state index >= 15 is 0 Å². The smallest absolute Gasteiger partial charge is 0.262 e. The van der Waals surface area contributed by atoms with E-state index < -0.39 is 28.9 Å². The van der Waals surface area contributed by atoms with Crippen molar-refractivity contribution in [1.29, 1.82) is 0 Å². The van der Waals surface area contributed by atoms with Crippen LogP contribution in [-0.4, -0.2) is 15.7 Å². The van der Waals surface area contributed by atoms with Gasteiger partial charge in [0.1, 0.15) is 23.0 Å². The highest BCUT2D eigenvalue weighted by Gasteiger charge is 2.20. The van der Waals surface area contributed by atoms with Gasteiger partial charge in [0.05, 0.1) is 11.9 Å². The average molecular weight is 270 g/mol. The molecule has 0 aliphatic rings. The minimum absolute atomic E-state index is 0.0909. The Labute approximate surface area is 105 Å². The van der Waals surface area contributed by atoms with Crippen LogP contribution in [0.1, 0.15) is 10.4 Å². The molecule has 0 unspecified atom stereocenters. The lowest BCUT2D eigenvalue weighted by molar-refractivity contribution is 0.101. The summed E-state index contributed by atoms with van der Waals surface area (Å²) in [5, 5.41) is 5.96. The molecule has 3 N–H and O–H groups in total. The van der Waals surface area contributed by atoms with Gasteiger partial charge in [-0.2, -0.15) is 5.10 Å². The number of carbonyl (C=O) groups is 1. The third kappa shape index (κ3) is 2.37. The molecule has 2 rings (SSSR count). The minimum Gasteiger partial charge on any atom is -0.394 e. The molecule has 2 aromatic rings. The van der Waals surface area contributed by atoms with Gasteiger partial charge in [-0.3, -0.25) is 9.48 Å². The summed E-state index contributed by atoms with van der Waals surface area (Å²) in [6.45, 7) is 0. The van der Waals surface area contributed by atoms with E-state index in [1.165, 1.54) is 17.9 Å². The predicted octanol–water partition coefficient (Wildman–Crippen LogP) is 1.67. The number of nitrogen functional groups attached to an aromatic ring is 1. The molecule has 1 heterocycles. The molecule has 0 bridgehead atoms. The third-order valence-electron chi connectivity index (χ3n) is 2.43. The van der Waals surface area contributed by atoms with Gasteiger partial charge in [0.15, 0.2) is 5.82 Å². The second kappa shape index (κ2) is 4.63. The van der Waals surface area contributed by atoms with Crippen molar-refractivity contribution in [2.24, 2.45) is 7.05 Å². The van der Waals surface area contributed by atoms with Crippen LogP contribution in [0.4, 0.5) is 24.7 Å². The van der Waals surface area contributed by atoms with Crippen molar-refractivity contribution in [3.05, 3.63) is 41.3 Å². The zero-order valence-electron chi connectivity index (χ0n) is 9.75. The first-order valence-electron chi connectivity index (χ1n) is 5.13. The lowest BCUT2D eigenvalue weighted by Crippen LogP contribution is -2.18. The molecule has 100 valence electrons. The Morgan fingerprint density at radius 1 is 1.32 bits per heavy atom. The standard InChI is InChI=1S/C11H9F3N4O/c1-18-10(8(15)4-16-18)17-11(19)9-6(13)2-5(12)3-7(9)14/h2-4H,15H2,1H3,(H,17,19). The first kappa shape index (κ1) is 12.9. The number of nitrogens with zero attached hydrogens (tertiary/aromatic N) is 2. The molecule has 1 aromatic carbocycles. The molecule has 0 saturated carbocycles. The summed E-state index contributed by atoms with van der Waals surface area (Å²) in [4.78, 5) is 11.8. The molecule has 0 spiro atoms. The maximum atomic E-state index is 13.4. The number of carbonyl (C=O) groups excluding carboxylic acids is 1. The Bertz CT molecular complexity index is 611. The van der Waals surface area contributed by atoms with Crippen LogP contribution < -0.4 is 11.1 Å². The van der Waals surface area contributed by atoms with Crippen LogP contribution >= 0.6 is 0 Å². The Balaban J connectivity index is 2.36. The van der Waals surface area contributed by atoms with E-state index in [1.807, 2.05) is 0 Å². The number of anilines is 2. The summed E-state index contributed by atoms with van der Waals surface area (Å²) in [7, 11) is 1.49. The minimum atomic E-state index is -1.30. The molecule has 0 aliphatic carbocycles. The number of nitrogens with two attached hydrogens (primary N) is 1. The summed E-state index contributed by atoms with van der Waals surface area (Å²) >= 11 is 0. The van der Waals surface area contributed by atoms with Crippen molar-refractivity contribution in [3.63, 3.8) is 0 Å². The van der Waals surface area contributed by atoms with E-state index in [-0.39, 0.29) is 11.5 Å². The highest BCUT2D eigenvalue weighted by molar-refractivity contribution is 6.05. The molecular weight excluding hydrogens is 261 g/mol. The maximum absolute atomic E-state index is 13.4.